The van der Waals surface area contributed by atoms with Crippen molar-refractivity contribution in [1.29, 1.82) is 0 Å². The van der Waals surface area contributed by atoms with Gasteiger partial charge in [-0.2, -0.15) is 0 Å². The lowest BCUT2D eigenvalue weighted by Gasteiger charge is -2.32. The molecular weight excluding hydrogens is 324 g/mol. The molecule has 0 unspecified atom stereocenters. The third kappa shape index (κ3) is 5.75. The van der Waals surface area contributed by atoms with Crippen LogP contribution in [0.3, 0.4) is 0 Å². The second kappa shape index (κ2) is 9.60. The molecule has 0 atom stereocenters. The number of hydrogen-bond acceptors (Lipinski definition) is 4. The van der Waals surface area contributed by atoms with Crippen molar-refractivity contribution in [3.05, 3.63) is 59.7 Å². The van der Waals surface area contributed by atoms with Gasteiger partial charge in [0.05, 0.1) is 7.11 Å². The molecule has 0 amide bonds. The van der Waals surface area contributed by atoms with Crippen LogP contribution in [0.4, 0.5) is 0 Å². The van der Waals surface area contributed by atoms with Crippen molar-refractivity contribution in [3.63, 3.8) is 0 Å². The summed E-state index contributed by atoms with van der Waals surface area (Å²) >= 11 is 0. The lowest BCUT2D eigenvalue weighted by Crippen LogP contribution is -2.44. The first-order valence-electron chi connectivity index (χ1n) is 9.48. The van der Waals surface area contributed by atoms with Crippen LogP contribution in [0.15, 0.2) is 48.5 Å². The molecule has 2 aromatic carbocycles. The normalized spacial score (nSPS) is 15.8. The second-order valence-electron chi connectivity index (χ2n) is 7.03. The highest BCUT2D eigenvalue weighted by Crippen LogP contribution is 2.17. The van der Waals surface area contributed by atoms with E-state index in [0.29, 0.717) is 6.61 Å². The first kappa shape index (κ1) is 18.7. The minimum atomic E-state index is 0.556. The van der Waals surface area contributed by atoms with Crippen molar-refractivity contribution in [1.82, 2.24) is 9.80 Å². The van der Waals surface area contributed by atoms with E-state index in [1.807, 2.05) is 18.2 Å². The van der Waals surface area contributed by atoms with Crippen LogP contribution in [0.5, 0.6) is 11.5 Å². The molecule has 1 aliphatic heterocycles. The van der Waals surface area contributed by atoms with Crippen LogP contribution in [-0.2, 0) is 13.0 Å². The molecule has 1 saturated heterocycles. The largest absolute Gasteiger partial charge is 0.497 e. The van der Waals surface area contributed by atoms with Gasteiger partial charge in [-0.05, 0) is 61.8 Å². The molecule has 1 fully saturated rings. The fraction of sp³-hybridized carbons (Fsp3) is 0.455. The average molecular weight is 354 g/mol. The molecule has 2 aromatic rings. The summed E-state index contributed by atoms with van der Waals surface area (Å²) in [5, 5.41) is 0. The molecule has 4 nitrogen and oxygen atoms in total. The highest BCUT2D eigenvalue weighted by Gasteiger charge is 2.12. The number of hydrogen-bond donors (Lipinski definition) is 0. The smallest absolute Gasteiger partial charge is 0.119 e. The Morgan fingerprint density at radius 2 is 1.65 bits per heavy atom. The van der Waals surface area contributed by atoms with Crippen molar-refractivity contribution in [2.24, 2.45) is 0 Å². The molecule has 1 aliphatic rings. The molecule has 4 heteroatoms. The van der Waals surface area contributed by atoms with Gasteiger partial charge in [-0.25, -0.2) is 0 Å². The standard InChI is InChI=1S/C22H30N2O2/c1-23-13-15-24(16-14-23)12-4-6-19-8-10-21(11-9-19)26-18-20-5-3-7-22(17-20)25-2/h3,5,7-11,17H,4,6,12-16,18H2,1-2H3. The number of nitrogens with zero attached hydrogens (tertiary/aromatic N) is 2. The third-order valence-corrected chi connectivity index (χ3v) is 5.00. The number of likely N-dealkylation sites (N-methyl/N-ethyl adjacent to an activating group) is 1. The van der Waals surface area contributed by atoms with Crippen LogP contribution < -0.4 is 9.47 Å². The third-order valence-electron chi connectivity index (χ3n) is 5.00. The van der Waals surface area contributed by atoms with E-state index in [2.05, 4.69) is 47.2 Å². The number of methoxy groups -OCH3 is 1. The Hall–Kier alpha value is -2.04. The second-order valence-corrected chi connectivity index (χ2v) is 7.03. The topological polar surface area (TPSA) is 24.9 Å². The summed E-state index contributed by atoms with van der Waals surface area (Å²) in [4.78, 5) is 4.98. The van der Waals surface area contributed by atoms with Gasteiger partial charge in [-0.1, -0.05) is 24.3 Å². The first-order valence-corrected chi connectivity index (χ1v) is 9.48. The SMILES string of the molecule is COc1cccc(COc2ccc(CCCN3CCN(C)CC3)cc2)c1. The van der Waals surface area contributed by atoms with Crippen LogP contribution in [0.25, 0.3) is 0 Å². The minimum Gasteiger partial charge on any atom is -0.497 e. The predicted octanol–water partition coefficient (Wildman–Crippen LogP) is 3.45. The zero-order valence-corrected chi connectivity index (χ0v) is 16.0. The predicted molar refractivity (Wildman–Crippen MR) is 106 cm³/mol. The summed E-state index contributed by atoms with van der Waals surface area (Å²) in [5.41, 5.74) is 2.49. The van der Waals surface area contributed by atoms with E-state index in [9.17, 15) is 0 Å². The summed E-state index contributed by atoms with van der Waals surface area (Å²) < 4.78 is 11.1. The molecule has 0 aromatic heterocycles. The van der Waals surface area contributed by atoms with Crippen molar-refractivity contribution in [2.75, 3.05) is 46.9 Å². The number of piperazine rings is 1. The zero-order valence-electron chi connectivity index (χ0n) is 16.0. The van der Waals surface area contributed by atoms with Crippen LogP contribution in [0.1, 0.15) is 17.5 Å². The van der Waals surface area contributed by atoms with Gasteiger partial charge >= 0.3 is 0 Å². The summed E-state index contributed by atoms with van der Waals surface area (Å²) in [6.07, 6.45) is 2.34. The van der Waals surface area contributed by atoms with Crippen molar-refractivity contribution < 1.29 is 9.47 Å². The Bertz CT molecular complexity index is 664. The molecule has 0 spiro atoms. The van der Waals surface area contributed by atoms with Gasteiger partial charge < -0.3 is 19.3 Å². The maximum absolute atomic E-state index is 5.89. The molecule has 0 aliphatic carbocycles. The molecule has 0 radical (unpaired) electrons. The summed E-state index contributed by atoms with van der Waals surface area (Å²) in [6, 6.07) is 16.5. The summed E-state index contributed by atoms with van der Waals surface area (Å²) in [7, 11) is 3.89. The molecule has 3 rings (SSSR count). The van der Waals surface area contributed by atoms with E-state index < -0.39 is 0 Å². The van der Waals surface area contributed by atoms with Crippen molar-refractivity contribution >= 4 is 0 Å². The zero-order chi connectivity index (χ0) is 18.2. The van der Waals surface area contributed by atoms with Crippen LogP contribution >= 0.6 is 0 Å². The fourth-order valence-electron chi connectivity index (χ4n) is 3.26. The monoisotopic (exact) mass is 354 g/mol. The Kier molecular flexibility index (Phi) is 6.92. The molecule has 140 valence electrons. The first-order chi connectivity index (χ1) is 12.7. The number of aryl methyl sites for hydroxylation is 1. The minimum absolute atomic E-state index is 0.556. The van der Waals surface area contributed by atoms with Crippen LogP contribution in [0.2, 0.25) is 0 Å². The molecule has 26 heavy (non-hydrogen) atoms. The lowest BCUT2D eigenvalue weighted by molar-refractivity contribution is 0.153. The average Bonchev–Trinajstić information content (AvgIpc) is 2.69. The molecule has 1 heterocycles. The lowest BCUT2D eigenvalue weighted by atomic mass is 10.1. The highest BCUT2D eigenvalue weighted by molar-refractivity contribution is 5.30. The maximum atomic E-state index is 5.89. The van der Waals surface area contributed by atoms with Gasteiger partial charge in [0.1, 0.15) is 18.1 Å². The number of ether oxygens (including phenoxy) is 2. The van der Waals surface area contributed by atoms with Crippen molar-refractivity contribution in [2.45, 2.75) is 19.4 Å². The maximum Gasteiger partial charge on any atom is 0.119 e. The van der Waals surface area contributed by atoms with Gasteiger partial charge in [-0.15, -0.1) is 0 Å². The molecule has 0 saturated carbocycles. The van der Waals surface area contributed by atoms with Crippen LogP contribution in [-0.4, -0.2) is 56.7 Å². The Morgan fingerprint density at radius 1 is 0.885 bits per heavy atom. The summed E-state index contributed by atoms with van der Waals surface area (Å²) in [6.45, 7) is 6.54. The Labute approximate surface area is 157 Å². The van der Waals surface area contributed by atoms with Crippen LogP contribution in [0, 0.1) is 0 Å². The number of benzene rings is 2. The van der Waals surface area contributed by atoms with E-state index >= 15 is 0 Å². The van der Waals surface area contributed by atoms with E-state index in [4.69, 9.17) is 9.47 Å². The van der Waals surface area contributed by atoms with E-state index in [1.54, 1.807) is 7.11 Å². The van der Waals surface area contributed by atoms with Gasteiger partial charge in [0.2, 0.25) is 0 Å². The Morgan fingerprint density at radius 3 is 2.38 bits per heavy atom. The van der Waals surface area contributed by atoms with Crippen molar-refractivity contribution in [3.8, 4) is 11.5 Å². The fourth-order valence-corrected chi connectivity index (χ4v) is 3.26. The highest BCUT2D eigenvalue weighted by atomic mass is 16.5. The molecule has 0 bridgehead atoms. The Balaban J connectivity index is 1.40. The van der Waals surface area contributed by atoms with Gasteiger partial charge in [0.15, 0.2) is 0 Å². The van der Waals surface area contributed by atoms with E-state index in [-0.39, 0.29) is 0 Å². The van der Waals surface area contributed by atoms with E-state index in [0.717, 1.165) is 23.5 Å². The molecule has 0 N–H and O–H groups in total. The van der Waals surface area contributed by atoms with Gasteiger partial charge in [-0.3, -0.25) is 0 Å². The van der Waals surface area contributed by atoms with Gasteiger partial charge in [0, 0.05) is 26.2 Å². The van der Waals surface area contributed by atoms with Gasteiger partial charge in [0.25, 0.3) is 0 Å². The van der Waals surface area contributed by atoms with E-state index in [1.165, 1.54) is 44.7 Å². The quantitative estimate of drug-likeness (QED) is 0.725. The summed E-state index contributed by atoms with van der Waals surface area (Å²) in [5.74, 6) is 1.78. The number of rotatable bonds is 8. The molecular formula is C22H30N2O2.